The first-order valence-corrected chi connectivity index (χ1v) is 14.8. The van der Waals surface area contributed by atoms with Crippen LogP contribution < -0.4 is 14.5 Å². The Bertz CT molecular complexity index is 1570. The lowest BCUT2D eigenvalue weighted by Gasteiger charge is -2.39. The molecular formula is C30H33Cl2N7O. The summed E-state index contributed by atoms with van der Waals surface area (Å²) < 4.78 is 8.48. The zero-order chi connectivity index (χ0) is 27.4. The van der Waals surface area contributed by atoms with Crippen molar-refractivity contribution >= 4 is 45.5 Å². The van der Waals surface area contributed by atoms with Gasteiger partial charge in [-0.2, -0.15) is 9.97 Å². The minimum Gasteiger partial charge on any atom is -0.462 e. The number of aromatic nitrogens is 4. The third-order valence-electron chi connectivity index (χ3n) is 8.75. The number of hydrogen-bond donors (Lipinski definition) is 0. The van der Waals surface area contributed by atoms with Gasteiger partial charge in [0.15, 0.2) is 5.15 Å². The molecule has 1 fully saturated rings. The zero-order valence-electron chi connectivity index (χ0n) is 22.9. The Morgan fingerprint density at radius 1 is 1.05 bits per heavy atom. The first kappa shape index (κ1) is 25.9. The molecule has 3 aliphatic rings. The van der Waals surface area contributed by atoms with Crippen molar-refractivity contribution in [3.8, 4) is 6.01 Å². The van der Waals surface area contributed by atoms with Crippen molar-refractivity contribution in [2.75, 3.05) is 36.5 Å². The number of imidazole rings is 1. The van der Waals surface area contributed by atoms with Crippen LogP contribution in [0.1, 0.15) is 36.7 Å². The average molecular weight is 579 g/mol. The molecule has 40 heavy (non-hydrogen) atoms. The fourth-order valence-electron chi connectivity index (χ4n) is 6.48. The Morgan fingerprint density at radius 3 is 2.73 bits per heavy atom. The molecule has 0 radical (unpaired) electrons. The number of halogens is 2. The molecule has 0 saturated carbocycles. The van der Waals surface area contributed by atoms with E-state index in [2.05, 4.69) is 62.5 Å². The highest BCUT2D eigenvalue weighted by atomic mass is 35.5. The van der Waals surface area contributed by atoms with E-state index in [0.717, 1.165) is 71.2 Å². The van der Waals surface area contributed by atoms with Crippen LogP contribution in [0.15, 0.2) is 42.7 Å². The first-order chi connectivity index (χ1) is 19.5. The number of ether oxygens (including phenoxy) is 1. The second kappa shape index (κ2) is 10.4. The predicted molar refractivity (Wildman–Crippen MR) is 160 cm³/mol. The Morgan fingerprint density at radius 2 is 1.90 bits per heavy atom. The van der Waals surface area contributed by atoms with Gasteiger partial charge in [0.1, 0.15) is 12.4 Å². The summed E-state index contributed by atoms with van der Waals surface area (Å²) in [5.74, 6) is 0.950. The molecule has 208 valence electrons. The summed E-state index contributed by atoms with van der Waals surface area (Å²) in [6, 6.07) is 13.5. The number of hydrogen-bond acceptors (Lipinski definition) is 7. The number of nitrogens with zero attached hydrogens (tertiary/aromatic N) is 7. The standard InChI is InChI=1S/C30H33Cl2N7O/c1-19-14-38-18-33-28(32)26(38)16-39(19)29-22-11-13-37(25-10-4-7-20-6-3-9-23(31)27(20)25)15-24(22)34-30(35-29)40-17-21-8-5-12-36(21)2/h3-4,6-7,9-10,18-19,21H,5,8,11-17H2,1-2H3. The van der Waals surface area contributed by atoms with Gasteiger partial charge in [-0.1, -0.05) is 47.5 Å². The van der Waals surface area contributed by atoms with Gasteiger partial charge in [-0.15, -0.1) is 0 Å². The van der Waals surface area contributed by atoms with Gasteiger partial charge >= 0.3 is 6.01 Å². The Labute approximate surface area is 244 Å². The van der Waals surface area contributed by atoms with Crippen LogP contribution in [0.25, 0.3) is 10.8 Å². The van der Waals surface area contributed by atoms with Gasteiger partial charge in [0.05, 0.1) is 35.8 Å². The molecule has 2 aromatic heterocycles. The molecule has 2 atom stereocenters. The molecule has 7 rings (SSSR count). The topological polar surface area (TPSA) is 62.6 Å². The van der Waals surface area contributed by atoms with Crippen molar-refractivity contribution in [2.45, 2.75) is 57.9 Å². The third-order valence-corrected chi connectivity index (χ3v) is 9.38. The lowest BCUT2D eigenvalue weighted by Crippen LogP contribution is -2.43. The zero-order valence-corrected chi connectivity index (χ0v) is 24.4. The molecule has 2 unspecified atom stereocenters. The number of rotatable bonds is 5. The predicted octanol–water partition coefficient (Wildman–Crippen LogP) is 5.58. The van der Waals surface area contributed by atoms with E-state index in [1.807, 2.05) is 18.5 Å². The van der Waals surface area contributed by atoms with Crippen LogP contribution in [0.5, 0.6) is 6.01 Å². The SMILES string of the molecule is CC1Cn2cnc(Cl)c2CN1c1nc(OCC2CCCN2C)nc2c1CCN(c1cccc3cccc(Cl)c13)C2. The Kier molecular flexibility index (Phi) is 6.72. The van der Waals surface area contributed by atoms with E-state index in [0.29, 0.717) is 36.9 Å². The second-order valence-electron chi connectivity index (χ2n) is 11.2. The van der Waals surface area contributed by atoms with Crippen molar-refractivity contribution in [3.63, 3.8) is 0 Å². The van der Waals surface area contributed by atoms with E-state index in [-0.39, 0.29) is 6.04 Å². The van der Waals surface area contributed by atoms with Gasteiger partial charge in [-0.25, -0.2) is 4.98 Å². The van der Waals surface area contributed by atoms with Crippen LogP contribution in [0.2, 0.25) is 10.2 Å². The smallest absolute Gasteiger partial charge is 0.318 e. The van der Waals surface area contributed by atoms with E-state index in [1.165, 1.54) is 12.0 Å². The van der Waals surface area contributed by atoms with Crippen molar-refractivity contribution in [2.24, 2.45) is 0 Å². The number of likely N-dealkylation sites (tertiary alicyclic amines) is 1. The van der Waals surface area contributed by atoms with Crippen molar-refractivity contribution in [1.29, 1.82) is 0 Å². The largest absolute Gasteiger partial charge is 0.462 e. The maximum Gasteiger partial charge on any atom is 0.318 e. The molecule has 0 bridgehead atoms. The Hall–Kier alpha value is -3.07. The highest BCUT2D eigenvalue weighted by Crippen LogP contribution is 2.38. The first-order valence-electron chi connectivity index (χ1n) is 14.1. The summed E-state index contributed by atoms with van der Waals surface area (Å²) in [6.45, 7) is 6.89. The summed E-state index contributed by atoms with van der Waals surface area (Å²) in [5, 5.41) is 3.54. The van der Waals surface area contributed by atoms with Gasteiger partial charge in [0.25, 0.3) is 0 Å². The summed E-state index contributed by atoms with van der Waals surface area (Å²) >= 11 is 13.2. The van der Waals surface area contributed by atoms with Crippen LogP contribution in [0.4, 0.5) is 11.5 Å². The molecule has 0 spiro atoms. The molecule has 0 N–H and O–H groups in total. The van der Waals surface area contributed by atoms with Crippen molar-refractivity contribution < 1.29 is 4.74 Å². The fourth-order valence-corrected chi connectivity index (χ4v) is 6.97. The van der Waals surface area contributed by atoms with E-state index < -0.39 is 0 Å². The highest BCUT2D eigenvalue weighted by molar-refractivity contribution is 6.36. The average Bonchev–Trinajstić information content (AvgIpc) is 3.54. The number of anilines is 2. The summed E-state index contributed by atoms with van der Waals surface area (Å²) in [7, 11) is 2.16. The summed E-state index contributed by atoms with van der Waals surface area (Å²) in [5.41, 5.74) is 4.34. The van der Waals surface area contributed by atoms with Crippen LogP contribution in [0, 0.1) is 0 Å². The quantitative estimate of drug-likeness (QED) is 0.307. The third kappa shape index (κ3) is 4.56. The number of likely N-dealkylation sites (N-methyl/N-ethyl adjacent to an activating group) is 1. The summed E-state index contributed by atoms with van der Waals surface area (Å²) in [4.78, 5) is 21.5. The van der Waals surface area contributed by atoms with E-state index in [1.54, 1.807) is 0 Å². The number of fused-ring (bicyclic) bond motifs is 3. The van der Waals surface area contributed by atoms with E-state index in [9.17, 15) is 0 Å². The van der Waals surface area contributed by atoms with Crippen LogP contribution >= 0.6 is 23.2 Å². The Balaban J connectivity index is 1.26. The fraction of sp³-hybridized carbons (Fsp3) is 0.433. The van der Waals surface area contributed by atoms with E-state index >= 15 is 0 Å². The molecule has 1 saturated heterocycles. The normalized spacial score (nSPS) is 21.1. The van der Waals surface area contributed by atoms with Gasteiger partial charge in [-0.3, -0.25) is 0 Å². The van der Waals surface area contributed by atoms with Crippen molar-refractivity contribution in [1.82, 2.24) is 24.4 Å². The molecule has 0 amide bonds. The summed E-state index contributed by atoms with van der Waals surface area (Å²) in [6.07, 6.45) is 4.99. The van der Waals surface area contributed by atoms with Gasteiger partial charge < -0.3 is 24.0 Å². The molecule has 0 aliphatic carbocycles. The van der Waals surface area contributed by atoms with Crippen LogP contribution in [-0.2, 0) is 26.1 Å². The lowest BCUT2D eigenvalue weighted by molar-refractivity contribution is 0.187. The molecule has 10 heteroatoms. The molecule has 3 aliphatic heterocycles. The molecule has 4 aromatic rings. The van der Waals surface area contributed by atoms with Gasteiger partial charge in [0, 0.05) is 41.8 Å². The monoisotopic (exact) mass is 577 g/mol. The lowest BCUT2D eigenvalue weighted by atomic mass is 10.0. The molecule has 2 aromatic carbocycles. The van der Waals surface area contributed by atoms with Crippen LogP contribution in [0.3, 0.4) is 0 Å². The minimum atomic E-state index is 0.223. The maximum absolute atomic E-state index is 6.71. The number of benzene rings is 2. The molecule has 5 heterocycles. The minimum absolute atomic E-state index is 0.223. The highest BCUT2D eigenvalue weighted by Gasteiger charge is 2.32. The van der Waals surface area contributed by atoms with Gasteiger partial charge in [0.2, 0.25) is 0 Å². The molecular weight excluding hydrogens is 545 g/mol. The van der Waals surface area contributed by atoms with Gasteiger partial charge in [-0.05, 0) is 57.3 Å². The van der Waals surface area contributed by atoms with Crippen molar-refractivity contribution in [3.05, 3.63) is 69.9 Å². The molecule has 8 nitrogen and oxygen atoms in total. The second-order valence-corrected chi connectivity index (χ2v) is 12.0. The maximum atomic E-state index is 6.71. The van der Waals surface area contributed by atoms with Crippen LogP contribution in [-0.4, -0.2) is 63.2 Å². The van der Waals surface area contributed by atoms with E-state index in [4.69, 9.17) is 37.9 Å².